The van der Waals surface area contributed by atoms with Crippen molar-refractivity contribution in [2.24, 2.45) is 0 Å². The summed E-state index contributed by atoms with van der Waals surface area (Å²) in [5.41, 5.74) is 3.03. The van der Waals surface area contributed by atoms with Crippen LogP contribution in [0.2, 0.25) is 0 Å². The van der Waals surface area contributed by atoms with E-state index < -0.39 is 0 Å². The lowest BCUT2D eigenvalue weighted by Gasteiger charge is -2.17. The van der Waals surface area contributed by atoms with Crippen LogP contribution in [-0.4, -0.2) is 30.2 Å². The van der Waals surface area contributed by atoms with Gasteiger partial charge in [0.25, 0.3) is 0 Å². The van der Waals surface area contributed by atoms with Crippen LogP contribution < -0.4 is 0 Å². The van der Waals surface area contributed by atoms with Crippen LogP contribution in [0.4, 0.5) is 0 Å². The quantitative estimate of drug-likeness (QED) is 0.681. The SMILES string of the molecule is Cc1ccnc2c1nc(CCCl)n2C(C)Cn1cccn1. The lowest BCUT2D eigenvalue weighted by molar-refractivity contribution is 0.434. The van der Waals surface area contributed by atoms with Crippen molar-refractivity contribution in [2.45, 2.75) is 32.9 Å². The van der Waals surface area contributed by atoms with Gasteiger partial charge in [-0.15, -0.1) is 11.6 Å². The van der Waals surface area contributed by atoms with Gasteiger partial charge in [0.1, 0.15) is 11.3 Å². The fourth-order valence-electron chi connectivity index (χ4n) is 2.64. The summed E-state index contributed by atoms with van der Waals surface area (Å²) in [5, 5.41) is 4.28. The highest BCUT2D eigenvalue weighted by molar-refractivity contribution is 6.17. The first kappa shape index (κ1) is 14.1. The second kappa shape index (κ2) is 5.85. The van der Waals surface area contributed by atoms with Gasteiger partial charge in [-0.2, -0.15) is 5.10 Å². The van der Waals surface area contributed by atoms with Crippen LogP contribution in [-0.2, 0) is 13.0 Å². The van der Waals surface area contributed by atoms with Crippen LogP contribution in [0, 0.1) is 6.92 Å². The number of aromatic nitrogens is 5. The smallest absolute Gasteiger partial charge is 0.160 e. The molecular weight excluding hydrogens is 286 g/mol. The maximum atomic E-state index is 5.93. The van der Waals surface area contributed by atoms with E-state index >= 15 is 0 Å². The van der Waals surface area contributed by atoms with Crippen molar-refractivity contribution < 1.29 is 0 Å². The molecule has 3 heterocycles. The minimum absolute atomic E-state index is 0.211. The summed E-state index contributed by atoms with van der Waals surface area (Å²) in [6.45, 7) is 5.00. The van der Waals surface area contributed by atoms with Gasteiger partial charge >= 0.3 is 0 Å². The number of fused-ring (bicyclic) bond motifs is 1. The Morgan fingerprint density at radius 1 is 1.33 bits per heavy atom. The van der Waals surface area contributed by atoms with Crippen LogP contribution >= 0.6 is 11.6 Å². The molecule has 21 heavy (non-hydrogen) atoms. The molecule has 0 aliphatic carbocycles. The van der Waals surface area contributed by atoms with Crippen molar-refractivity contribution in [2.75, 3.05) is 5.88 Å². The molecule has 0 aliphatic heterocycles. The Morgan fingerprint density at radius 2 is 2.19 bits per heavy atom. The van der Waals surface area contributed by atoms with Crippen molar-refractivity contribution in [3.05, 3.63) is 42.1 Å². The zero-order valence-corrected chi connectivity index (χ0v) is 13.0. The average Bonchev–Trinajstić information content (AvgIpc) is 3.07. The molecule has 0 aliphatic rings. The predicted octanol–water partition coefficient (Wildman–Crippen LogP) is 2.98. The molecule has 110 valence electrons. The normalized spacial score (nSPS) is 12.9. The highest BCUT2D eigenvalue weighted by atomic mass is 35.5. The number of pyridine rings is 1. The molecule has 0 aromatic carbocycles. The van der Waals surface area contributed by atoms with Crippen LogP contribution in [0.3, 0.4) is 0 Å². The monoisotopic (exact) mass is 303 g/mol. The molecule has 1 atom stereocenters. The number of imidazole rings is 1. The molecule has 0 saturated carbocycles. The van der Waals surface area contributed by atoms with E-state index in [1.165, 1.54) is 0 Å². The largest absolute Gasteiger partial charge is 0.308 e. The van der Waals surface area contributed by atoms with E-state index in [0.717, 1.165) is 35.5 Å². The Morgan fingerprint density at radius 3 is 2.90 bits per heavy atom. The summed E-state index contributed by atoms with van der Waals surface area (Å²) >= 11 is 5.93. The molecule has 0 N–H and O–H groups in total. The van der Waals surface area contributed by atoms with Gasteiger partial charge in [-0.05, 0) is 31.5 Å². The summed E-state index contributed by atoms with van der Waals surface area (Å²) in [5.74, 6) is 1.54. The van der Waals surface area contributed by atoms with Gasteiger partial charge < -0.3 is 4.57 Å². The molecule has 3 aromatic rings. The lowest BCUT2D eigenvalue weighted by Crippen LogP contribution is -2.16. The topological polar surface area (TPSA) is 48.5 Å². The third-order valence-corrected chi connectivity index (χ3v) is 3.81. The Balaban J connectivity index is 2.06. The first-order valence-electron chi connectivity index (χ1n) is 7.06. The van der Waals surface area contributed by atoms with E-state index in [9.17, 15) is 0 Å². The van der Waals surface area contributed by atoms with Gasteiger partial charge in [-0.25, -0.2) is 9.97 Å². The number of rotatable bonds is 5. The third kappa shape index (κ3) is 2.65. The van der Waals surface area contributed by atoms with Crippen molar-refractivity contribution in [3.8, 4) is 0 Å². The second-order valence-corrected chi connectivity index (χ2v) is 5.59. The first-order valence-corrected chi connectivity index (χ1v) is 7.60. The molecule has 0 fully saturated rings. The van der Waals surface area contributed by atoms with Gasteiger partial charge in [0.2, 0.25) is 0 Å². The summed E-state index contributed by atoms with van der Waals surface area (Å²) in [4.78, 5) is 9.26. The number of alkyl halides is 1. The van der Waals surface area contributed by atoms with E-state index in [1.807, 2.05) is 29.2 Å². The minimum atomic E-state index is 0.211. The Labute approximate surface area is 128 Å². The summed E-state index contributed by atoms with van der Waals surface area (Å²) in [6, 6.07) is 4.13. The number of aryl methyl sites for hydroxylation is 2. The molecule has 0 amide bonds. The first-order chi connectivity index (χ1) is 10.2. The van der Waals surface area contributed by atoms with Crippen molar-refractivity contribution in [1.82, 2.24) is 24.3 Å². The molecule has 5 nitrogen and oxygen atoms in total. The second-order valence-electron chi connectivity index (χ2n) is 5.21. The van der Waals surface area contributed by atoms with Crippen molar-refractivity contribution in [3.63, 3.8) is 0 Å². The molecule has 0 spiro atoms. The molecule has 6 heteroatoms. The highest BCUT2D eigenvalue weighted by Gasteiger charge is 2.18. The van der Waals surface area contributed by atoms with E-state index in [2.05, 4.69) is 28.5 Å². The Bertz CT molecular complexity index is 732. The molecule has 0 radical (unpaired) electrons. The van der Waals surface area contributed by atoms with Gasteiger partial charge in [0, 0.05) is 30.9 Å². The van der Waals surface area contributed by atoms with E-state index in [4.69, 9.17) is 16.6 Å². The van der Waals surface area contributed by atoms with E-state index in [0.29, 0.717) is 5.88 Å². The average molecular weight is 304 g/mol. The van der Waals surface area contributed by atoms with Crippen LogP contribution in [0.1, 0.15) is 24.4 Å². The van der Waals surface area contributed by atoms with E-state index in [-0.39, 0.29) is 6.04 Å². The molecule has 0 bridgehead atoms. The molecule has 3 rings (SSSR count). The van der Waals surface area contributed by atoms with E-state index in [1.54, 1.807) is 6.20 Å². The predicted molar refractivity (Wildman–Crippen MR) is 83.6 cm³/mol. The summed E-state index contributed by atoms with van der Waals surface area (Å²) in [7, 11) is 0. The standard InChI is InChI=1S/C15H18ClN5/c1-11-5-8-17-15-14(11)19-13(4-6-16)21(15)12(2)10-20-9-3-7-18-20/h3,5,7-9,12H,4,6,10H2,1-2H3. The highest BCUT2D eigenvalue weighted by Crippen LogP contribution is 2.23. The number of hydrogen-bond acceptors (Lipinski definition) is 3. The fourth-order valence-corrected chi connectivity index (χ4v) is 2.81. The maximum absolute atomic E-state index is 5.93. The maximum Gasteiger partial charge on any atom is 0.160 e. The van der Waals surface area contributed by atoms with Crippen LogP contribution in [0.5, 0.6) is 0 Å². The van der Waals surface area contributed by atoms with Gasteiger partial charge in [-0.1, -0.05) is 0 Å². The van der Waals surface area contributed by atoms with Crippen molar-refractivity contribution in [1.29, 1.82) is 0 Å². The number of nitrogens with zero attached hydrogens (tertiary/aromatic N) is 5. The number of hydrogen-bond donors (Lipinski definition) is 0. The van der Waals surface area contributed by atoms with Crippen molar-refractivity contribution >= 4 is 22.8 Å². The Kier molecular flexibility index (Phi) is 3.92. The number of halogens is 1. The zero-order valence-electron chi connectivity index (χ0n) is 12.2. The summed E-state index contributed by atoms with van der Waals surface area (Å²) < 4.78 is 4.11. The van der Waals surface area contributed by atoms with Gasteiger partial charge in [-0.3, -0.25) is 4.68 Å². The van der Waals surface area contributed by atoms with Crippen LogP contribution in [0.15, 0.2) is 30.7 Å². The molecule has 3 aromatic heterocycles. The van der Waals surface area contributed by atoms with Gasteiger partial charge in [0.15, 0.2) is 5.65 Å². The minimum Gasteiger partial charge on any atom is -0.308 e. The third-order valence-electron chi connectivity index (χ3n) is 3.62. The van der Waals surface area contributed by atoms with Gasteiger partial charge in [0.05, 0.1) is 12.6 Å². The lowest BCUT2D eigenvalue weighted by atomic mass is 10.2. The molecular formula is C15H18ClN5. The molecule has 0 saturated heterocycles. The summed E-state index contributed by atoms with van der Waals surface area (Å²) in [6.07, 6.45) is 6.33. The zero-order chi connectivity index (χ0) is 14.8. The molecule has 1 unspecified atom stereocenters. The Hall–Kier alpha value is -1.88. The van der Waals surface area contributed by atoms with Crippen LogP contribution in [0.25, 0.3) is 11.2 Å². The fraction of sp³-hybridized carbons (Fsp3) is 0.400.